The molecule has 1 atom stereocenters. The summed E-state index contributed by atoms with van der Waals surface area (Å²) < 4.78 is 7.19. The van der Waals surface area contributed by atoms with Crippen molar-refractivity contribution in [2.75, 3.05) is 32.8 Å². The number of ether oxygens (including phenoxy) is 1. The lowest BCUT2D eigenvalue weighted by Gasteiger charge is -2.29. The lowest BCUT2D eigenvalue weighted by Crippen LogP contribution is -2.39. The number of fused-ring (bicyclic) bond motifs is 1. The van der Waals surface area contributed by atoms with Crippen molar-refractivity contribution >= 4 is 16.9 Å². The van der Waals surface area contributed by atoms with Gasteiger partial charge < -0.3 is 10.1 Å². The molecule has 4 rings (SSSR count). The topological polar surface area (TPSA) is 72.3 Å². The molecule has 1 amide bonds. The summed E-state index contributed by atoms with van der Waals surface area (Å²) in [5, 5.41) is 8.57. The monoisotopic (exact) mass is 407 g/mol. The number of benzene rings is 1. The standard InChI is InChI=1S/C23H29N5O2/c1-16-15-19(21-17(2)26-27(3)22(21)24-16)23(29)25-20(18-7-5-4-6-8-18)9-10-28-11-13-30-14-12-28/h4-8,15,20H,9-14H2,1-3H3,(H,25,29)/t20-/m1/s1. The number of nitrogens with zero attached hydrogens (tertiary/aromatic N) is 4. The average molecular weight is 408 g/mol. The molecule has 7 heteroatoms. The Morgan fingerprint density at radius 3 is 2.67 bits per heavy atom. The minimum Gasteiger partial charge on any atom is -0.379 e. The van der Waals surface area contributed by atoms with Gasteiger partial charge in [-0.05, 0) is 31.9 Å². The van der Waals surface area contributed by atoms with Crippen molar-refractivity contribution in [2.45, 2.75) is 26.3 Å². The zero-order valence-corrected chi connectivity index (χ0v) is 17.9. The van der Waals surface area contributed by atoms with Crippen LogP contribution in [-0.2, 0) is 11.8 Å². The Hall–Kier alpha value is -2.77. The number of amides is 1. The first-order valence-electron chi connectivity index (χ1n) is 10.5. The Kier molecular flexibility index (Phi) is 6.11. The van der Waals surface area contributed by atoms with Gasteiger partial charge in [-0.2, -0.15) is 5.10 Å². The summed E-state index contributed by atoms with van der Waals surface area (Å²) in [5.41, 5.74) is 4.11. The van der Waals surface area contributed by atoms with Crippen molar-refractivity contribution < 1.29 is 9.53 Å². The van der Waals surface area contributed by atoms with Crippen LogP contribution in [0.3, 0.4) is 0 Å². The van der Waals surface area contributed by atoms with Gasteiger partial charge in [-0.15, -0.1) is 0 Å². The molecule has 158 valence electrons. The smallest absolute Gasteiger partial charge is 0.252 e. The molecule has 2 aromatic heterocycles. The lowest BCUT2D eigenvalue weighted by molar-refractivity contribution is 0.0360. The van der Waals surface area contributed by atoms with Gasteiger partial charge in [-0.1, -0.05) is 30.3 Å². The summed E-state index contributed by atoms with van der Waals surface area (Å²) in [7, 11) is 1.86. The molecule has 0 saturated carbocycles. The van der Waals surface area contributed by atoms with Crippen molar-refractivity contribution in [2.24, 2.45) is 7.05 Å². The van der Waals surface area contributed by atoms with Crippen molar-refractivity contribution in [3.8, 4) is 0 Å². The molecule has 7 nitrogen and oxygen atoms in total. The molecular weight excluding hydrogens is 378 g/mol. The Balaban J connectivity index is 1.59. The second kappa shape index (κ2) is 8.93. The number of hydrogen-bond donors (Lipinski definition) is 1. The van der Waals surface area contributed by atoms with E-state index in [-0.39, 0.29) is 11.9 Å². The van der Waals surface area contributed by atoms with Crippen molar-refractivity contribution in [3.05, 3.63) is 58.9 Å². The van der Waals surface area contributed by atoms with E-state index in [1.54, 1.807) is 4.68 Å². The van der Waals surface area contributed by atoms with Crippen LogP contribution in [0, 0.1) is 13.8 Å². The molecule has 1 aromatic carbocycles. The van der Waals surface area contributed by atoms with Crippen LogP contribution in [0.2, 0.25) is 0 Å². The summed E-state index contributed by atoms with van der Waals surface area (Å²) >= 11 is 0. The number of hydrogen-bond acceptors (Lipinski definition) is 5. The molecule has 3 aromatic rings. The summed E-state index contributed by atoms with van der Waals surface area (Å²) in [6.45, 7) is 8.17. The quantitative estimate of drug-likeness (QED) is 0.680. The highest BCUT2D eigenvalue weighted by Crippen LogP contribution is 2.24. The van der Waals surface area contributed by atoms with Gasteiger partial charge >= 0.3 is 0 Å². The van der Waals surface area contributed by atoms with Gasteiger partial charge in [0.2, 0.25) is 0 Å². The zero-order chi connectivity index (χ0) is 21.1. The van der Waals surface area contributed by atoms with E-state index in [1.807, 2.05) is 45.2 Å². The van der Waals surface area contributed by atoms with E-state index in [2.05, 4.69) is 32.4 Å². The molecule has 3 heterocycles. The highest BCUT2D eigenvalue weighted by atomic mass is 16.5. The SMILES string of the molecule is Cc1cc(C(=O)N[C@H](CCN2CCOCC2)c2ccccc2)c2c(C)nn(C)c2n1. The van der Waals surface area contributed by atoms with Gasteiger partial charge in [-0.3, -0.25) is 14.4 Å². The molecule has 1 N–H and O–H groups in total. The number of pyridine rings is 1. The van der Waals surface area contributed by atoms with Crippen molar-refractivity contribution in [1.29, 1.82) is 0 Å². The normalized spacial score (nSPS) is 16.0. The summed E-state index contributed by atoms with van der Waals surface area (Å²) in [6.07, 6.45) is 0.842. The van der Waals surface area contributed by atoms with Crippen LogP contribution < -0.4 is 5.32 Å². The highest BCUT2D eigenvalue weighted by molar-refractivity contribution is 6.06. The predicted molar refractivity (Wildman–Crippen MR) is 117 cm³/mol. The highest BCUT2D eigenvalue weighted by Gasteiger charge is 2.22. The molecule has 0 radical (unpaired) electrons. The maximum atomic E-state index is 13.4. The average Bonchev–Trinajstić information content (AvgIpc) is 3.05. The van der Waals surface area contributed by atoms with Crippen LogP contribution in [0.25, 0.3) is 11.0 Å². The fourth-order valence-corrected chi connectivity index (χ4v) is 4.13. The third-order valence-corrected chi connectivity index (χ3v) is 5.69. The molecule has 1 saturated heterocycles. The van der Waals surface area contributed by atoms with Gasteiger partial charge in [0.1, 0.15) is 0 Å². The molecule has 1 aliphatic rings. The molecule has 0 aliphatic carbocycles. The summed E-state index contributed by atoms with van der Waals surface area (Å²) in [4.78, 5) is 20.4. The molecule has 0 unspecified atom stereocenters. The molecule has 1 fully saturated rings. The number of morpholine rings is 1. The first-order chi connectivity index (χ1) is 14.5. The molecule has 30 heavy (non-hydrogen) atoms. The van der Waals surface area contributed by atoms with Crippen LogP contribution in [0.5, 0.6) is 0 Å². The Morgan fingerprint density at radius 1 is 1.20 bits per heavy atom. The van der Waals surface area contributed by atoms with Crippen molar-refractivity contribution in [1.82, 2.24) is 25.0 Å². The van der Waals surface area contributed by atoms with Crippen molar-refractivity contribution in [3.63, 3.8) is 0 Å². The third-order valence-electron chi connectivity index (χ3n) is 5.69. The Labute approximate surface area is 177 Å². The zero-order valence-electron chi connectivity index (χ0n) is 17.9. The van der Waals surface area contributed by atoms with E-state index in [1.165, 1.54) is 0 Å². The van der Waals surface area contributed by atoms with Crippen LogP contribution in [0.4, 0.5) is 0 Å². The summed E-state index contributed by atoms with van der Waals surface area (Å²) in [6, 6.07) is 12.0. The maximum absolute atomic E-state index is 13.4. The van der Waals surface area contributed by atoms with Gasteiger partial charge in [0, 0.05) is 32.4 Å². The second-order valence-electron chi connectivity index (χ2n) is 7.90. The maximum Gasteiger partial charge on any atom is 0.252 e. The van der Waals surface area contributed by atoms with E-state index in [4.69, 9.17) is 4.74 Å². The fraction of sp³-hybridized carbons (Fsp3) is 0.435. The Bertz CT molecular complexity index is 1020. The first-order valence-corrected chi connectivity index (χ1v) is 10.5. The minimum absolute atomic E-state index is 0.0676. The number of nitrogens with one attached hydrogen (secondary N) is 1. The van der Waals surface area contributed by atoms with E-state index < -0.39 is 0 Å². The number of carbonyl (C=O) groups is 1. The largest absolute Gasteiger partial charge is 0.379 e. The van der Waals surface area contributed by atoms with E-state index in [0.717, 1.165) is 67.3 Å². The second-order valence-corrected chi connectivity index (χ2v) is 7.90. The number of carbonyl (C=O) groups excluding carboxylic acids is 1. The van der Waals surface area contributed by atoms with Crippen LogP contribution >= 0.6 is 0 Å². The molecule has 1 aliphatic heterocycles. The molecular formula is C23H29N5O2. The predicted octanol–water partition coefficient (Wildman–Crippen LogP) is 2.78. The van der Waals surface area contributed by atoms with Gasteiger partial charge in [0.25, 0.3) is 5.91 Å². The Morgan fingerprint density at radius 2 is 1.93 bits per heavy atom. The van der Waals surface area contributed by atoms with Gasteiger partial charge in [-0.25, -0.2) is 4.98 Å². The lowest BCUT2D eigenvalue weighted by atomic mass is 10.0. The first kappa shape index (κ1) is 20.5. The third kappa shape index (κ3) is 4.37. The number of aryl methyl sites for hydroxylation is 3. The fourth-order valence-electron chi connectivity index (χ4n) is 4.13. The number of rotatable bonds is 6. The molecule has 0 spiro atoms. The van der Waals surface area contributed by atoms with E-state index >= 15 is 0 Å². The summed E-state index contributed by atoms with van der Waals surface area (Å²) in [5.74, 6) is -0.0857. The van der Waals surface area contributed by atoms with Crippen LogP contribution in [0.15, 0.2) is 36.4 Å². The number of aromatic nitrogens is 3. The minimum atomic E-state index is -0.0857. The molecule has 0 bridgehead atoms. The van der Waals surface area contributed by atoms with E-state index in [0.29, 0.717) is 5.56 Å². The van der Waals surface area contributed by atoms with Gasteiger partial charge in [0.15, 0.2) is 5.65 Å². The van der Waals surface area contributed by atoms with Crippen LogP contribution in [-0.4, -0.2) is 58.4 Å². The van der Waals surface area contributed by atoms with Gasteiger partial charge in [0.05, 0.1) is 35.9 Å². The van der Waals surface area contributed by atoms with E-state index in [9.17, 15) is 4.79 Å². The van der Waals surface area contributed by atoms with Crippen LogP contribution in [0.1, 0.15) is 39.8 Å².